The highest BCUT2D eigenvalue weighted by Crippen LogP contribution is 2.34. The SMILES string of the molecule is Nc1cccc(N)c1Cc1ccc2c(c1)OCO2. The molecule has 4 N–H and O–H groups in total. The molecule has 2 aromatic rings. The molecule has 0 bridgehead atoms. The Balaban J connectivity index is 1.93. The van der Waals surface area contributed by atoms with Crippen LogP contribution in [0.2, 0.25) is 0 Å². The monoisotopic (exact) mass is 242 g/mol. The molecule has 0 fully saturated rings. The van der Waals surface area contributed by atoms with Crippen molar-refractivity contribution in [1.82, 2.24) is 0 Å². The third kappa shape index (κ3) is 1.82. The van der Waals surface area contributed by atoms with Gasteiger partial charge in [-0.3, -0.25) is 0 Å². The summed E-state index contributed by atoms with van der Waals surface area (Å²) < 4.78 is 10.6. The Morgan fingerprint density at radius 3 is 2.44 bits per heavy atom. The molecule has 3 rings (SSSR count). The molecule has 0 aliphatic carbocycles. The summed E-state index contributed by atoms with van der Waals surface area (Å²) >= 11 is 0. The maximum absolute atomic E-state index is 5.95. The number of anilines is 2. The lowest BCUT2D eigenvalue weighted by Crippen LogP contribution is -2.00. The van der Waals surface area contributed by atoms with E-state index >= 15 is 0 Å². The van der Waals surface area contributed by atoms with Crippen molar-refractivity contribution in [2.45, 2.75) is 6.42 Å². The van der Waals surface area contributed by atoms with Gasteiger partial charge in [0.2, 0.25) is 6.79 Å². The Morgan fingerprint density at radius 2 is 1.67 bits per heavy atom. The van der Waals surface area contributed by atoms with E-state index in [1.807, 2.05) is 36.4 Å². The molecule has 4 nitrogen and oxygen atoms in total. The summed E-state index contributed by atoms with van der Waals surface area (Å²) in [6.45, 7) is 0.286. The van der Waals surface area contributed by atoms with E-state index in [4.69, 9.17) is 20.9 Å². The van der Waals surface area contributed by atoms with Crippen LogP contribution in [0.4, 0.5) is 11.4 Å². The van der Waals surface area contributed by atoms with Crippen molar-refractivity contribution in [3.05, 3.63) is 47.5 Å². The number of hydrogen-bond donors (Lipinski definition) is 2. The minimum Gasteiger partial charge on any atom is -0.454 e. The molecular formula is C14H14N2O2. The molecule has 1 aliphatic heterocycles. The van der Waals surface area contributed by atoms with Crippen molar-refractivity contribution in [3.63, 3.8) is 0 Å². The van der Waals surface area contributed by atoms with Crippen molar-refractivity contribution < 1.29 is 9.47 Å². The van der Waals surface area contributed by atoms with Crippen LogP contribution in [0.25, 0.3) is 0 Å². The number of benzene rings is 2. The number of nitrogen functional groups attached to an aromatic ring is 2. The van der Waals surface area contributed by atoms with Gasteiger partial charge in [0.25, 0.3) is 0 Å². The van der Waals surface area contributed by atoms with E-state index in [0.29, 0.717) is 17.8 Å². The summed E-state index contributed by atoms with van der Waals surface area (Å²) in [6.07, 6.45) is 0.690. The van der Waals surface area contributed by atoms with Gasteiger partial charge in [0.05, 0.1) is 0 Å². The first kappa shape index (κ1) is 10.8. The highest BCUT2D eigenvalue weighted by molar-refractivity contribution is 5.63. The second kappa shape index (κ2) is 4.14. The topological polar surface area (TPSA) is 70.5 Å². The zero-order valence-corrected chi connectivity index (χ0v) is 9.85. The van der Waals surface area contributed by atoms with Gasteiger partial charge in [0.15, 0.2) is 11.5 Å². The smallest absolute Gasteiger partial charge is 0.231 e. The van der Waals surface area contributed by atoms with Crippen molar-refractivity contribution in [1.29, 1.82) is 0 Å². The quantitative estimate of drug-likeness (QED) is 0.792. The minimum atomic E-state index is 0.286. The third-order valence-electron chi connectivity index (χ3n) is 3.07. The van der Waals surface area contributed by atoms with Crippen LogP contribution in [-0.2, 0) is 6.42 Å². The van der Waals surface area contributed by atoms with Crippen LogP contribution in [0.1, 0.15) is 11.1 Å². The van der Waals surface area contributed by atoms with Crippen LogP contribution in [-0.4, -0.2) is 6.79 Å². The second-order valence-electron chi connectivity index (χ2n) is 4.28. The molecule has 2 aromatic carbocycles. The van der Waals surface area contributed by atoms with Gasteiger partial charge in [0, 0.05) is 23.4 Å². The molecule has 0 amide bonds. The number of ether oxygens (including phenoxy) is 2. The van der Waals surface area contributed by atoms with Gasteiger partial charge in [-0.25, -0.2) is 0 Å². The van der Waals surface area contributed by atoms with Gasteiger partial charge in [-0.1, -0.05) is 12.1 Å². The molecular weight excluding hydrogens is 228 g/mol. The highest BCUT2D eigenvalue weighted by Gasteiger charge is 2.14. The lowest BCUT2D eigenvalue weighted by Gasteiger charge is -2.09. The maximum atomic E-state index is 5.95. The van der Waals surface area contributed by atoms with E-state index in [1.165, 1.54) is 0 Å². The summed E-state index contributed by atoms with van der Waals surface area (Å²) in [6, 6.07) is 11.5. The summed E-state index contributed by atoms with van der Waals surface area (Å²) in [5.74, 6) is 1.56. The van der Waals surface area contributed by atoms with Crippen LogP contribution in [0.5, 0.6) is 11.5 Å². The highest BCUT2D eigenvalue weighted by atomic mass is 16.7. The first-order valence-electron chi connectivity index (χ1n) is 5.75. The average Bonchev–Trinajstić information content (AvgIpc) is 2.81. The molecule has 1 aliphatic rings. The standard InChI is InChI=1S/C14H14N2O2/c15-11-2-1-3-12(16)10(11)6-9-4-5-13-14(7-9)18-8-17-13/h1-5,7H,6,8,15-16H2. The van der Waals surface area contributed by atoms with E-state index < -0.39 is 0 Å². The largest absolute Gasteiger partial charge is 0.454 e. The molecule has 18 heavy (non-hydrogen) atoms. The van der Waals surface area contributed by atoms with Gasteiger partial charge < -0.3 is 20.9 Å². The van der Waals surface area contributed by atoms with Crippen molar-refractivity contribution in [2.75, 3.05) is 18.3 Å². The molecule has 0 spiro atoms. The molecule has 4 heteroatoms. The zero-order valence-electron chi connectivity index (χ0n) is 9.85. The van der Waals surface area contributed by atoms with Crippen LogP contribution in [0, 0.1) is 0 Å². The third-order valence-corrected chi connectivity index (χ3v) is 3.07. The van der Waals surface area contributed by atoms with E-state index in [1.54, 1.807) is 0 Å². The lowest BCUT2D eigenvalue weighted by molar-refractivity contribution is 0.174. The van der Waals surface area contributed by atoms with Crippen molar-refractivity contribution in [2.24, 2.45) is 0 Å². The summed E-state index contributed by atoms with van der Waals surface area (Å²) in [5, 5.41) is 0. The molecule has 0 radical (unpaired) electrons. The Morgan fingerprint density at radius 1 is 0.944 bits per heavy atom. The number of nitrogens with two attached hydrogens (primary N) is 2. The lowest BCUT2D eigenvalue weighted by atomic mass is 10.0. The van der Waals surface area contributed by atoms with E-state index in [-0.39, 0.29) is 6.79 Å². The van der Waals surface area contributed by atoms with Gasteiger partial charge >= 0.3 is 0 Å². The molecule has 0 saturated heterocycles. The molecule has 0 atom stereocenters. The van der Waals surface area contributed by atoms with E-state index in [0.717, 1.165) is 22.6 Å². The Bertz CT molecular complexity index is 576. The van der Waals surface area contributed by atoms with Crippen LogP contribution < -0.4 is 20.9 Å². The summed E-state index contributed by atoms with van der Waals surface area (Å²) in [5.41, 5.74) is 15.4. The fraction of sp³-hybridized carbons (Fsp3) is 0.143. The fourth-order valence-electron chi connectivity index (χ4n) is 2.08. The molecule has 92 valence electrons. The fourth-order valence-corrected chi connectivity index (χ4v) is 2.08. The summed E-state index contributed by atoms with van der Waals surface area (Å²) in [4.78, 5) is 0. The predicted molar refractivity (Wildman–Crippen MR) is 70.6 cm³/mol. The first-order valence-corrected chi connectivity index (χ1v) is 5.75. The normalized spacial score (nSPS) is 12.7. The maximum Gasteiger partial charge on any atom is 0.231 e. The number of fused-ring (bicyclic) bond motifs is 1. The van der Waals surface area contributed by atoms with Gasteiger partial charge in [0.1, 0.15) is 0 Å². The van der Waals surface area contributed by atoms with Crippen LogP contribution >= 0.6 is 0 Å². The van der Waals surface area contributed by atoms with Crippen LogP contribution in [0.3, 0.4) is 0 Å². The Kier molecular flexibility index (Phi) is 2.48. The van der Waals surface area contributed by atoms with Crippen LogP contribution in [0.15, 0.2) is 36.4 Å². The first-order chi connectivity index (χ1) is 8.74. The van der Waals surface area contributed by atoms with Crippen molar-refractivity contribution >= 4 is 11.4 Å². The average molecular weight is 242 g/mol. The zero-order chi connectivity index (χ0) is 12.5. The van der Waals surface area contributed by atoms with E-state index in [9.17, 15) is 0 Å². The predicted octanol–water partition coefficient (Wildman–Crippen LogP) is 2.17. The molecule has 0 aromatic heterocycles. The second-order valence-corrected chi connectivity index (χ2v) is 4.28. The van der Waals surface area contributed by atoms with Gasteiger partial charge in [-0.2, -0.15) is 0 Å². The summed E-state index contributed by atoms with van der Waals surface area (Å²) in [7, 11) is 0. The Labute approximate surface area is 105 Å². The number of hydrogen-bond acceptors (Lipinski definition) is 4. The Hall–Kier alpha value is -2.36. The minimum absolute atomic E-state index is 0.286. The molecule has 1 heterocycles. The van der Waals surface area contributed by atoms with E-state index in [2.05, 4.69) is 0 Å². The van der Waals surface area contributed by atoms with Gasteiger partial charge in [-0.05, 0) is 29.8 Å². The van der Waals surface area contributed by atoms with Crippen molar-refractivity contribution in [3.8, 4) is 11.5 Å². The van der Waals surface area contributed by atoms with Gasteiger partial charge in [-0.15, -0.1) is 0 Å². The number of rotatable bonds is 2. The molecule has 0 saturated carbocycles. The molecule has 0 unspecified atom stereocenters.